The Hall–Kier alpha value is -3.56. The molecule has 5 unspecified atom stereocenters. The standard InChI is InChI=1S/C36H53N7O2/c1-9-33-16-15-30(32-23-39-41(7)24-32)20-28(5)43(33,8)19-11-12-25(2)35(44)40-34-21-31(22-38-29(34)6)36(45)37-17-18-42-26(3)13-10-14-27(42)4/h12,15-16,20-24,26-28,33H,9-11,13-14,17-19H2,1-8H3,(H-,37,40,44,45)/p+1. The molecule has 2 aliphatic rings. The van der Waals surface area contributed by atoms with Gasteiger partial charge in [-0.05, 0) is 71.3 Å². The second-order valence-electron chi connectivity index (χ2n) is 13.3. The largest absolute Gasteiger partial charge is 0.351 e. The number of likely N-dealkylation sites (N-methyl/N-ethyl adjacent to an activating group) is 1. The Morgan fingerprint density at radius 1 is 1.16 bits per heavy atom. The molecule has 2 amide bonds. The van der Waals surface area contributed by atoms with E-state index in [2.05, 4.69) is 84.8 Å². The van der Waals surface area contributed by atoms with E-state index < -0.39 is 0 Å². The van der Waals surface area contributed by atoms with Crippen LogP contribution in [0.3, 0.4) is 0 Å². The Kier molecular flexibility index (Phi) is 11.6. The summed E-state index contributed by atoms with van der Waals surface area (Å²) in [7, 11) is 4.26. The van der Waals surface area contributed by atoms with Crippen LogP contribution >= 0.6 is 0 Å². The molecule has 1 fully saturated rings. The number of aryl methyl sites for hydroxylation is 2. The fraction of sp³-hybridized carbons (Fsp3) is 0.556. The van der Waals surface area contributed by atoms with Crippen molar-refractivity contribution in [1.29, 1.82) is 0 Å². The normalized spacial score (nSPS) is 25.9. The molecular weight excluding hydrogens is 562 g/mol. The van der Waals surface area contributed by atoms with Gasteiger partial charge in [0.05, 0.1) is 36.7 Å². The number of nitrogens with zero attached hydrogens (tertiary/aromatic N) is 5. The number of anilines is 1. The highest BCUT2D eigenvalue weighted by Crippen LogP contribution is 2.30. The molecule has 2 N–H and O–H groups in total. The van der Waals surface area contributed by atoms with Gasteiger partial charge in [0.25, 0.3) is 11.8 Å². The van der Waals surface area contributed by atoms with E-state index in [1.165, 1.54) is 24.8 Å². The minimum absolute atomic E-state index is 0.175. The molecule has 4 heterocycles. The molecule has 2 aromatic heterocycles. The van der Waals surface area contributed by atoms with Crippen molar-refractivity contribution in [1.82, 2.24) is 25.0 Å². The summed E-state index contributed by atoms with van der Waals surface area (Å²) in [6.45, 7) is 15.0. The molecule has 0 spiro atoms. The molecule has 2 aliphatic heterocycles. The summed E-state index contributed by atoms with van der Waals surface area (Å²) in [6.07, 6.45) is 20.0. The van der Waals surface area contributed by atoms with Crippen LogP contribution in [0.25, 0.3) is 5.57 Å². The van der Waals surface area contributed by atoms with Crippen molar-refractivity contribution < 1.29 is 14.1 Å². The van der Waals surface area contributed by atoms with Crippen LogP contribution in [-0.4, -0.2) is 86.8 Å². The molecule has 4 rings (SSSR count). The number of amides is 2. The SMILES string of the molecule is CCC1C=CC(c2cnn(C)c2)=CC(C)[N+]1(C)CCC=C(C)C(=O)Nc1cc(C(=O)NCCN2C(C)CCCC2C)cnc1C. The van der Waals surface area contributed by atoms with Gasteiger partial charge in [-0.3, -0.25) is 24.2 Å². The van der Waals surface area contributed by atoms with E-state index in [1.807, 2.05) is 37.8 Å². The quantitative estimate of drug-likeness (QED) is 0.251. The lowest BCUT2D eigenvalue weighted by atomic mass is 9.98. The van der Waals surface area contributed by atoms with Crippen LogP contribution in [0.2, 0.25) is 0 Å². The summed E-state index contributed by atoms with van der Waals surface area (Å²) in [5.41, 5.74) is 4.66. The zero-order valence-corrected chi connectivity index (χ0v) is 28.6. The van der Waals surface area contributed by atoms with E-state index >= 15 is 0 Å². The third kappa shape index (κ3) is 8.38. The number of rotatable bonds is 11. The van der Waals surface area contributed by atoms with Gasteiger partial charge >= 0.3 is 0 Å². The fourth-order valence-electron chi connectivity index (χ4n) is 6.86. The molecule has 244 valence electrons. The maximum atomic E-state index is 13.2. The number of nitrogens with one attached hydrogen (secondary N) is 2. The third-order valence-electron chi connectivity index (χ3n) is 10.1. The zero-order valence-electron chi connectivity index (χ0n) is 28.6. The minimum atomic E-state index is -0.178. The van der Waals surface area contributed by atoms with Crippen molar-refractivity contribution in [2.75, 3.05) is 32.0 Å². The van der Waals surface area contributed by atoms with Gasteiger partial charge in [0.15, 0.2) is 0 Å². The molecule has 45 heavy (non-hydrogen) atoms. The summed E-state index contributed by atoms with van der Waals surface area (Å²) >= 11 is 0. The van der Waals surface area contributed by atoms with Crippen LogP contribution in [0, 0.1) is 6.92 Å². The highest BCUT2D eigenvalue weighted by Gasteiger charge is 2.35. The van der Waals surface area contributed by atoms with Crippen molar-refractivity contribution in [2.24, 2.45) is 7.05 Å². The molecular formula is C36H54N7O2+. The van der Waals surface area contributed by atoms with Crippen molar-refractivity contribution in [2.45, 2.75) is 97.8 Å². The Bertz CT molecular complexity index is 1430. The highest BCUT2D eigenvalue weighted by molar-refractivity contribution is 6.04. The molecule has 1 saturated heterocycles. The number of likely N-dealkylation sites (tertiary alicyclic amines) is 1. The van der Waals surface area contributed by atoms with Crippen LogP contribution in [0.1, 0.15) is 88.3 Å². The van der Waals surface area contributed by atoms with Gasteiger partial charge in [0.2, 0.25) is 0 Å². The summed E-state index contributed by atoms with van der Waals surface area (Å²) in [5.74, 6) is -0.353. The van der Waals surface area contributed by atoms with Crippen molar-refractivity contribution in [3.63, 3.8) is 0 Å². The fourth-order valence-corrected chi connectivity index (χ4v) is 6.86. The van der Waals surface area contributed by atoms with Gasteiger partial charge in [-0.25, -0.2) is 0 Å². The number of piperidine rings is 1. The lowest BCUT2D eigenvalue weighted by molar-refractivity contribution is -0.942. The number of allylic oxidation sites excluding steroid dienone is 2. The predicted octanol–water partition coefficient (Wildman–Crippen LogP) is 5.66. The van der Waals surface area contributed by atoms with Gasteiger partial charge in [-0.1, -0.05) is 25.5 Å². The average molecular weight is 617 g/mol. The predicted molar refractivity (Wildman–Crippen MR) is 183 cm³/mol. The van der Waals surface area contributed by atoms with Crippen LogP contribution < -0.4 is 10.6 Å². The van der Waals surface area contributed by atoms with E-state index in [4.69, 9.17) is 0 Å². The van der Waals surface area contributed by atoms with E-state index in [0.29, 0.717) is 47.2 Å². The summed E-state index contributed by atoms with van der Waals surface area (Å²) in [4.78, 5) is 33.0. The number of hydrogen-bond acceptors (Lipinski definition) is 5. The topological polar surface area (TPSA) is 92.1 Å². The van der Waals surface area contributed by atoms with E-state index in [-0.39, 0.29) is 17.9 Å². The minimum Gasteiger partial charge on any atom is -0.351 e. The lowest BCUT2D eigenvalue weighted by Crippen LogP contribution is -2.56. The summed E-state index contributed by atoms with van der Waals surface area (Å²) in [6, 6.07) is 3.45. The number of pyridine rings is 1. The molecule has 9 nitrogen and oxygen atoms in total. The summed E-state index contributed by atoms with van der Waals surface area (Å²) < 4.78 is 2.70. The number of quaternary nitrogens is 1. The molecule has 9 heteroatoms. The number of hydrogen-bond donors (Lipinski definition) is 2. The maximum Gasteiger partial charge on any atom is 0.252 e. The van der Waals surface area contributed by atoms with Gasteiger partial charge in [0, 0.05) is 68.6 Å². The Labute approximate surface area is 270 Å². The highest BCUT2D eigenvalue weighted by atomic mass is 16.2. The Morgan fingerprint density at radius 3 is 2.56 bits per heavy atom. The van der Waals surface area contributed by atoms with Crippen LogP contribution in [0.15, 0.2) is 54.5 Å². The van der Waals surface area contributed by atoms with E-state index in [9.17, 15) is 9.59 Å². The van der Waals surface area contributed by atoms with Crippen LogP contribution in [0.4, 0.5) is 5.69 Å². The monoisotopic (exact) mass is 616 g/mol. The van der Waals surface area contributed by atoms with Gasteiger partial charge in [-0.15, -0.1) is 0 Å². The first-order valence-electron chi connectivity index (χ1n) is 16.7. The molecule has 2 aromatic rings. The van der Waals surface area contributed by atoms with Crippen molar-refractivity contribution in [3.8, 4) is 0 Å². The van der Waals surface area contributed by atoms with Crippen molar-refractivity contribution in [3.05, 3.63) is 71.4 Å². The number of carbonyl (C=O) groups is 2. The maximum absolute atomic E-state index is 13.2. The van der Waals surface area contributed by atoms with Crippen LogP contribution in [0.5, 0.6) is 0 Å². The Balaban J connectivity index is 1.35. The summed E-state index contributed by atoms with van der Waals surface area (Å²) in [5, 5.41) is 10.4. The molecule has 5 atom stereocenters. The molecule has 0 aromatic carbocycles. The van der Waals surface area contributed by atoms with E-state index in [1.54, 1.807) is 12.3 Å². The molecule has 0 bridgehead atoms. The first kappa shape index (κ1) is 34.3. The second-order valence-corrected chi connectivity index (χ2v) is 13.3. The second kappa shape index (κ2) is 15.1. The first-order valence-corrected chi connectivity index (χ1v) is 16.7. The van der Waals surface area contributed by atoms with E-state index in [0.717, 1.165) is 36.0 Å². The average Bonchev–Trinajstić information content (AvgIpc) is 3.39. The first-order chi connectivity index (χ1) is 21.4. The smallest absolute Gasteiger partial charge is 0.252 e. The lowest BCUT2D eigenvalue weighted by Gasteiger charge is -2.43. The van der Waals surface area contributed by atoms with Gasteiger partial charge in [0.1, 0.15) is 12.1 Å². The van der Waals surface area contributed by atoms with Crippen LogP contribution in [-0.2, 0) is 11.8 Å². The number of aromatic nitrogens is 3. The van der Waals surface area contributed by atoms with Gasteiger partial charge < -0.3 is 15.1 Å². The third-order valence-corrected chi connectivity index (χ3v) is 10.1. The Morgan fingerprint density at radius 2 is 1.89 bits per heavy atom. The molecule has 0 aliphatic carbocycles. The molecule has 0 radical (unpaired) electrons. The zero-order chi connectivity index (χ0) is 32.7. The number of carbonyl (C=O) groups excluding carboxylic acids is 2. The van der Waals surface area contributed by atoms with Crippen molar-refractivity contribution >= 4 is 23.1 Å². The van der Waals surface area contributed by atoms with Gasteiger partial charge in [-0.2, -0.15) is 5.10 Å². The molecule has 0 saturated carbocycles.